The van der Waals surface area contributed by atoms with E-state index in [4.69, 9.17) is 4.74 Å². The van der Waals surface area contributed by atoms with Crippen LogP contribution in [0.2, 0.25) is 0 Å². The molecule has 2 rings (SSSR count). The molecule has 2 aromatic rings. The Bertz CT molecular complexity index is 889. The molecule has 0 saturated heterocycles. The molecule has 31 heavy (non-hydrogen) atoms. The molecule has 0 unspecified atom stereocenters. The zero-order valence-corrected chi connectivity index (χ0v) is 19.6. The van der Waals surface area contributed by atoms with Crippen LogP contribution in [0.3, 0.4) is 0 Å². The van der Waals surface area contributed by atoms with Gasteiger partial charge in [0.05, 0.1) is 25.7 Å². The summed E-state index contributed by atoms with van der Waals surface area (Å²) in [6.45, 7) is 6.88. The number of anilines is 1. The molecule has 3 N–H and O–H groups in total. The van der Waals surface area contributed by atoms with Crippen molar-refractivity contribution < 1.29 is 14.3 Å². The number of aromatic nitrogens is 2. The number of benzene rings is 1. The number of hydrogen-bond donors (Lipinski definition) is 3. The number of allylic oxidation sites excluding steroid dienone is 1. The Morgan fingerprint density at radius 3 is 2.71 bits per heavy atom. The van der Waals surface area contributed by atoms with Crippen molar-refractivity contribution in [2.45, 2.75) is 39.8 Å². The van der Waals surface area contributed by atoms with Crippen LogP contribution in [-0.2, 0) is 16.1 Å². The van der Waals surface area contributed by atoms with Gasteiger partial charge >= 0.3 is 5.97 Å². The topological polar surface area (TPSA) is 96.1 Å². The van der Waals surface area contributed by atoms with Gasteiger partial charge in [0.2, 0.25) is 0 Å². The molecule has 1 amide bonds. The fourth-order valence-corrected chi connectivity index (χ4v) is 3.27. The highest BCUT2D eigenvalue weighted by Gasteiger charge is 2.23. The first-order valence-electron chi connectivity index (χ1n) is 10.2. The largest absolute Gasteiger partial charge is 0.467 e. The van der Waals surface area contributed by atoms with E-state index in [1.807, 2.05) is 24.5 Å². The minimum Gasteiger partial charge on any atom is -0.467 e. The highest BCUT2D eigenvalue weighted by molar-refractivity contribution is 7.98. The van der Waals surface area contributed by atoms with E-state index in [1.165, 1.54) is 7.11 Å². The monoisotopic (exact) mass is 444 g/mol. The second kappa shape index (κ2) is 11.6. The Morgan fingerprint density at radius 1 is 1.32 bits per heavy atom. The molecule has 0 aliphatic heterocycles. The quantitative estimate of drug-likeness (QED) is 0.478. The maximum atomic E-state index is 13.0. The van der Waals surface area contributed by atoms with Crippen molar-refractivity contribution in [1.29, 1.82) is 0 Å². The Labute approximate surface area is 188 Å². The molecule has 0 saturated carbocycles. The van der Waals surface area contributed by atoms with Crippen LogP contribution in [0.4, 0.5) is 5.69 Å². The number of aromatic amines is 1. The van der Waals surface area contributed by atoms with E-state index in [0.717, 1.165) is 22.7 Å². The first-order chi connectivity index (χ1) is 14.7. The molecule has 0 radical (unpaired) electrons. The van der Waals surface area contributed by atoms with E-state index in [-0.39, 0.29) is 11.3 Å². The third kappa shape index (κ3) is 8.13. The molecule has 7 nitrogen and oxygen atoms in total. The minimum atomic E-state index is -0.678. The summed E-state index contributed by atoms with van der Waals surface area (Å²) < 4.78 is 4.86. The molecule has 0 spiro atoms. The van der Waals surface area contributed by atoms with Gasteiger partial charge in [-0.05, 0) is 47.6 Å². The van der Waals surface area contributed by atoms with Crippen LogP contribution < -0.4 is 10.6 Å². The van der Waals surface area contributed by atoms with Gasteiger partial charge in [0.15, 0.2) is 0 Å². The number of methoxy groups -OCH3 is 1. The minimum absolute atomic E-state index is 0.0417. The Kier molecular flexibility index (Phi) is 9.18. The number of thioether (sulfide) groups is 1. The van der Waals surface area contributed by atoms with Crippen LogP contribution in [-0.4, -0.2) is 47.0 Å². The summed E-state index contributed by atoms with van der Waals surface area (Å²) in [5, 5.41) is 6.17. The molecule has 0 fully saturated rings. The third-order valence-corrected chi connectivity index (χ3v) is 5.14. The van der Waals surface area contributed by atoms with Crippen molar-refractivity contribution in [2.75, 3.05) is 24.4 Å². The molecular weight excluding hydrogens is 412 g/mol. The number of imidazole rings is 1. The van der Waals surface area contributed by atoms with Crippen molar-refractivity contribution in [1.82, 2.24) is 15.3 Å². The van der Waals surface area contributed by atoms with Gasteiger partial charge in [-0.2, -0.15) is 11.8 Å². The van der Waals surface area contributed by atoms with Crippen LogP contribution in [0.5, 0.6) is 0 Å². The van der Waals surface area contributed by atoms with E-state index in [1.54, 1.807) is 30.4 Å². The summed E-state index contributed by atoms with van der Waals surface area (Å²) in [5.74, 6) is 0.00465. The number of H-pyrrole nitrogens is 1. The van der Waals surface area contributed by atoms with E-state index in [2.05, 4.69) is 47.4 Å². The number of rotatable bonds is 10. The van der Waals surface area contributed by atoms with Gasteiger partial charge in [-0.25, -0.2) is 9.78 Å². The van der Waals surface area contributed by atoms with Crippen LogP contribution in [0.15, 0.2) is 36.8 Å². The molecule has 0 aliphatic rings. The third-order valence-electron chi connectivity index (χ3n) is 4.50. The van der Waals surface area contributed by atoms with E-state index >= 15 is 0 Å². The number of ether oxygens (including phenoxy) is 1. The second-order valence-electron chi connectivity index (χ2n) is 8.26. The number of carbonyl (C=O) groups is 2. The lowest BCUT2D eigenvalue weighted by Crippen LogP contribution is -2.42. The van der Waals surface area contributed by atoms with E-state index in [0.29, 0.717) is 18.5 Å². The Balaban J connectivity index is 2.26. The highest BCUT2D eigenvalue weighted by atomic mass is 32.2. The second-order valence-corrected chi connectivity index (χ2v) is 9.25. The van der Waals surface area contributed by atoms with Crippen LogP contribution in [0.1, 0.15) is 48.8 Å². The first-order valence-corrected chi connectivity index (χ1v) is 11.5. The number of amides is 1. The summed E-state index contributed by atoms with van der Waals surface area (Å²) in [6.07, 6.45) is 9.87. The predicted octanol–water partition coefficient (Wildman–Crippen LogP) is 4.11. The van der Waals surface area contributed by atoms with Gasteiger partial charge in [0, 0.05) is 17.4 Å². The number of hydrogen-bond acceptors (Lipinski definition) is 6. The normalized spacial score (nSPS) is 12.5. The Hall–Kier alpha value is -2.74. The zero-order chi connectivity index (χ0) is 22.9. The lowest BCUT2D eigenvalue weighted by molar-refractivity contribution is -0.142. The van der Waals surface area contributed by atoms with Crippen LogP contribution in [0.25, 0.3) is 6.08 Å². The number of nitrogens with zero attached hydrogens (tertiary/aromatic N) is 1. The highest BCUT2D eigenvalue weighted by Crippen LogP contribution is 2.22. The number of esters is 1. The van der Waals surface area contributed by atoms with Gasteiger partial charge in [-0.15, -0.1) is 0 Å². The van der Waals surface area contributed by atoms with Gasteiger partial charge < -0.3 is 20.4 Å². The molecule has 0 aliphatic carbocycles. The molecule has 1 aromatic heterocycles. The average molecular weight is 445 g/mol. The van der Waals surface area contributed by atoms with Gasteiger partial charge in [-0.1, -0.05) is 32.9 Å². The van der Waals surface area contributed by atoms with E-state index < -0.39 is 12.0 Å². The van der Waals surface area contributed by atoms with Crippen molar-refractivity contribution in [3.05, 3.63) is 53.6 Å². The Morgan fingerprint density at radius 2 is 2.10 bits per heavy atom. The van der Waals surface area contributed by atoms with Gasteiger partial charge in [-0.3, -0.25) is 4.79 Å². The van der Waals surface area contributed by atoms with E-state index in [9.17, 15) is 9.59 Å². The van der Waals surface area contributed by atoms with Crippen molar-refractivity contribution in [3.8, 4) is 0 Å². The van der Waals surface area contributed by atoms with Crippen molar-refractivity contribution in [3.63, 3.8) is 0 Å². The fraction of sp³-hybridized carbons (Fsp3) is 0.435. The summed E-state index contributed by atoms with van der Waals surface area (Å²) in [5.41, 5.74) is 3.08. The molecule has 0 bridgehead atoms. The summed E-state index contributed by atoms with van der Waals surface area (Å²) in [4.78, 5) is 32.2. The lowest BCUT2D eigenvalue weighted by Gasteiger charge is -2.18. The molecule has 168 valence electrons. The zero-order valence-electron chi connectivity index (χ0n) is 18.8. The predicted molar refractivity (Wildman–Crippen MR) is 127 cm³/mol. The van der Waals surface area contributed by atoms with Crippen molar-refractivity contribution >= 4 is 35.4 Å². The maximum absolute atomic E-state index is 13.0. The maximum Gasteiger partial charge on any atom is 0.328 e. The number of carbonyl (C=O) groups excluding carboxylic acids is 2. The van der Waals surface area contributed by atoms with Crippen LogP contribution in [0, 0.1) is 5.41 Å². The van der Waals surface area contributed by atoms with Gasteiger partial charge in [0.1, 0.15) is 6.04 Å². The summed E-state index contributed by atoms with van der Waals surface area (Å²) in [6, 6.07) is 4.88. The molecule has 1 atom stereocenters. The fourth-order valence-electron chi connectivity index (χ4n) is 2.80. The summed E-state index contributed by atoms with van der Waals surface area (Å²) >= 11 is 1.62. The average Bonchev–Trinajstić information content (AvgIpc) is 3.26. The summed E-state index contributed by atoms with van der Waals surface area (Å²) in [7, 11) is 1.33. The van der Waals surface area contributed by atoms with Crippen molar-refractivity contribution in [2.24, 2.45) is 5.41 Å². The number of nitrogens with one attached hydrogen (secondary N) is 3. The SMILES string of the molecule is COC(=O)[C@H](CCSC)NC(=O)c1ccc(NCc2cnc[nH]2)cc1C=CC(C)(C)C. The molecule has 8 heteroatoms. The molecule has 1 aromatic carbocycles. The first kappa shape index (κ1) is 24.5. The van der Waals surface area contributed by atoms with Gasteiger partial charge in [0.25, 0.3) is 5.91 Å². The van der Waals surface area contributed by atoms with Crippen LogP contribution >= 0.6 is 11.8 Å². The molecular formula is C23H32N4O3S. The molecule has 1 heterocycles. The smallest absolute Gasteiger partial charge is 0.328 e. The lowest BCUT2D eigenvalue weighted by atomic mass is 9.94. The standard InChI is InChI=1S/C23H32N4O3S/c1-23(2,3)10-8-16-12-17(25-14-18-13-24-15-26-18)6-7-19(16)21(28)27-20(9-11-31-5)22(29)30-4/h6-8,10,12-13,15,20,25H,9,11,14H2,1-5H3,(H,24,26)(H,27,28)/t20-/m0/s1.